The summed E-state index contributed by atoms with van der Waals surface area (Å²) in [4.78, 5) is 24.0. The van der Waals surface area contributed by atoms with Crippen LogP contribution < -0.4 is 10.2 Å². The number of halogens is 1. The molecule has 0 aliphatic heterocycles. The lowest BCUT2D eigenvalue weighted by Crippen LogP contribution is -2.40. The SMILES string of the molecule is CC(C)N(C(=O)Nc1cc([N+](=O)[O-])ccc1F)c1ccccc1. The summed E-state index contributed by atoms with van der Waals surface area (Å²) < 4.78 is 13.8. The number of nitro benzene ring substituents is 1. The molecule has 0 radical (unpaired) electrons. The van der Waals surface area contributed by atoms with Crippen LogP contribution in [0.1, 0.15) is 13.8 Å². The number of nitro groups is 1. The molecular formula is C16H16FN3O3. The Morgan fingerprint density at radius 3 is 2.43 bits per heavy atom. The monoisotopic (exact) mass is 317 g/mol. The quantitative estimate of drug-likeness (QED) is 0.679. The Hall–Kier alpha value is -2.96. The van der Waals surface area contributed by atoms with Crippen molar-refractivity contribution in [2.24, 2.45) is 0 Å². The topological polar surface area (TPSA) is 75.5 Å². The molecule has 0 saturated carbocycles. The summed E-state index contributed by atoms with van der Waals surface area (Å²) >= 11 is 0. The molecule has 2 amide bonds. The molecule has 0 bridgehead atoms. The third kappa shape index (κ3) is 3.82. The smallest absolute Gasteiger partial charge is 0.305 e. The Balaban J connectivity index is 2.29. The van der Waals surface area contributed by atoms with E-state index in [0.29, 0.717) is 5.69 Å². The highest BCUT2D eigenvalue weighted by atomic mass is 19.1. The number of hydrogen-bond acceptors (Lipinski definition) is 3. The number of hydrogen-bond donors (Lipinski definition) is 1. The van der Waals surface area contributed by atoms with Gasteiger partial charge in [0.15, 0.2) is 0 Å². The average molecular weight is 317 g/mol. The number of amides is 2. The number of carbonyl (C=O) groups excluding carboxylic acids is 1. The van der Waals surface area contributed by atoms with Crippen LogP contribution in [-0.4, -0.2) is 17.0 Å². The van der Waals surface area contributed by atoms with Gasteiger partial charge in [0.05, 0.1) is 10.6 Å². The zero-order valence-electron chi connectivity index (χ0n) is 12.7. The second kappa shape index (κ2) is 6.87. The lowest BCUT2D eigenvalue weighted by Gasteiger charge is -2.27. The highest BCUT2D eigenvalue weighted by Crippen LogP contribution is 2.23. The molecule has 0 unspecified atom stereocenters. The van der Waals surface area contributed by atoms with Crippen molar-refractivity contribution in [1.82, 2.24) is 0 Å². The molecule has 0 atom stereocenters. The first-order chi connectivity index (χ1) is 10.9. The number of nitrogens with one attached hydrogen (secondary N) is 1. The van der Waals surface area contributed by atoms with E-state index in [1.165, 1.54) is 4.90 Å². The van der Waals surface area contributed by atoms with E-state index in [-0.39, 0.29) is 17.4 Å². The lowest BCUT2D eigenvalue weighted by molar-refractivity contribution is -0.384. The van der Waals surface area contributed by atoms with Crippen LogP contribution >= 0.6 is 0 Å². The number of benzene rings is 2. The first-order valence-corrected chi connectivity index (χ1v) is 6.99. The number of para-hydroxylation sites is 1. The molecule has 2 aromatic rings. The van der Waals surface area contributed by atoms with Crippen LogP contribution in [-0.2, 0) is 0 Å². The third-order valence-corrected chi connectivity index (χ3v) is 3.17. The standard InChI is InChI=1S/C16H16FN3O3/c1-11(2)19(12-6-4-3-5-7-12)16(21)18-15-10-13(20(22)23)8-9-14(15)17/h3-11H,1-2H3,(H,18,21). The molecule has 23 heavy (non-hydrogen) atoms. The Labute approximate surface area is 132 Å². The summed E-state index contributed by atoms with van der Waals surface area (Å²) in [5, 5.41) is 13.2. The van der Waals surface area contributed by atoms with Crippen LogP contribution in [0.3, 0.4) is 0 Å². The van der Waals surface area contributed by atoms with Crippen molar-refractivity contribution in [1.29, 1.82) is 0 Å². The van der Waals surface area contributed by atoms with Gasteiger partial charge in [0.1, 0.15) is 5.82 Å². The van der Waals surface area contributed by atoms with Gasteiger partial charge in [-0.1, -0.05) is 18.2 Å². The zero-order chi connectivity index (χ0) is 17.0. The largest absolute Gasteiger partial charge is 0.326 e. The molecule has 0 saturated heterocycles. The van der Waals surface area contributed by atoms with E-state index in [2.05, 4.69) is 5.32 Å². The van der Waals surface area contributed by atoms with E-state index in [0.717, 1.165) is 18.2 Å². The van der Waals surface area contributed by atoms with E-state index in [1.807, 2.05) is 19.9 Å². The summed E-state index contributed by atoms with van der Waals surface area (Å²) in [6.07, 6.45) is 0. The molecule has 2 aromatic carbocycles. The molecule has 0 spiro atoms. The molecular weight excluding hydrogens is 301 g/mol. The maximum atomic E-state index is 13.8. The summed E-state index contributed by atoms with van der Waals surface area (Å²) in [7, 11) is 0. The third-order valence-electron chi connectivity index (χ3n) is 3.17. The second-order valence-corrected chi connectivity index (χ2v) is 5.15. The van der Waals surface area contributed by atoms with Crippen LogP contribution in [0, 0.1) is 15.9 Å². The molecule has 6 nitrogen and oxygen atoms in total. The minimum Gasteiger partial charge on any atom is -0.305 e. The molecule has 7 heteroatoms. The number of non-ortho nitro benzene ring substituents is 1. The Bertz CT molecular complexity index is 720. The Morgan fingerprint density at radius 1 is 1.22 bits per heavy atom. The Kier molecular flexibility index (Phi) is 4.90. The minimum absolute atomic E-state index is 0.181. The number of carbonyl (C=O) groups is 1. The van der Waals surface area contributed by atoms with Crippen molar-refractivity contribution in [3.63, 3.8) is 0 Å². The summed E-state index contributed by atoms with van der Waals surface area (Å²) in [6.45, 7) is 3.63. The summed E-state index contributed by atoms with van der Waals surface area (Å²) in [6, 6.07) is 11.1. The maximum absolute atomic E-state index is 13.8. The zero-order valence-corrected chi connectivity index (χ0v) is 12.7. The maximum Gasteiger partial charge on any atom is 0.326 e. The van der Waals surface area contributed by atoms with Gasteiger partial charge in [-0.15, -0.1) is 0 Å². The van der Waals surface area contributed by atoms with Crippen LogP contribution in [0.25, 0.3) is 0 Å². The molecule has 1 N–H and O–H groups in total. The second-order valence-electron chi connectivity index (χ2n) is 5.15. The summed E-state index contributed by atoms with van der Waals surface area (Å²) in [5.41, 5.74) is 0.120. The molecule has 0 aliphatic rings. The van der Waals surface area contributed by atoms with Crippen molar-refractivity contribution in [3.05, 3.63) is 64.5 Å². The minimum atomic E-state index is -0.735. The molecule has 0 heterocycles. The van der Waals surface area contributed by atoms with Gasteiger partial charge in [0, 0.05) is 23.9 Å². The van der Waals surface area contributed by atoms with Gasteiger partial charge < -0.3 is 5.32 Å². The molecule has 2 rings (SSSR count). The van der Waals surface area contributed by atoms with Gasteiger partial charge in [-0.3, -0.25) is 15.0 Å². The van der Waals surface area contributed by atoms with Crippen molar-refractivity contribution in [2.75, 3.05) is 10.2 Å². The van der Waals surface area contributed by atoms with Gasteiger partial charge in [-0.05, 0) is 32.0 Å². The van der Waals surface area contributed by atoms with Crippen LogP contribution in [0.5, 0.6) is 0 Å². The fourth-order valence-electron chi connectivity index (χ4n) is 2.14. The predicted molar refractivity (Wildman–Crippen MR) is 86.1 cm³/mol. The Morgan fingerprint density at radius 2 is 1.87 bits per heavy atom. The number of anilines is 2. The first kappa shape index (κ1) is 16.4. The molecule has 0 aliphatic carbocycles. The van der Waals surface area contributed by atoms with Crippen LogP contribution in [0.2, 0.25) is 0 Å². The van der Waals surface area contributed by atoms with E-state index < -0.39 is 16.8 Å². The fourth-order valence-corrected chi connectivity index (χ4v) is 2.14. The predicted octanol–water partition coefficient (Wildman–Crippen LogP) is 4.18. The van der Waals surface area contributed by atoms with Crippen LogP contribution in [0.15, 0.2) is 48.5 Å². The average Bonchev–Trinajstić information content (AvgIpc) is 2.50. The van der Waals surface area contributed by atoms with E-state index in [9.17, 15) is 19.3 Å². The van der Waals surface area contributed by atoms with Crippen molar-refractivity contribution >= 4 is 23.1 Å². The van der Waals surface area contributed by atoms with E-state index >= 15 is 0 Å². The summed E-state index contributed by atoms with van der Waals surface area (Å²) in [5.74, 6) is -0.735. The number of rotatable bonds is 4. The molecule has 0 fully saturated rings. The van der Waals surface area contributed by atoms with Crippen LogP contribution in [0.4, 0.5) is 26.2 Å². The molecule has 120 valence electrons. The van der Waals surface area contributed by atoms with E-state index in [4.69, 9.17) is 0 Å². The van der Waals surface area contributed by atoms with Crippen molar-refractivity contribution in [3.8, 4) is 0 Å². The van der Waals surface area contributed by atoms with E-state index in [1.54, 1.807) is 24.3 Å². The van der Waals surface area contributed by atoms with Crippen molar-refractivity contribution in [2.45, 2.75) is 19.9 Å². The van der Waals surface area contributed by atoms with Gasteiger partial charge in [0.2, 0.25) is 0 Å². The van der Waals surface area contributed by atoms with Crippen molar-refractivity contribution < 1.29 is 14.1 Å². The highest BCUT2D eigenvalue weighted by molar-refractivity contribution is 6.02. The lowest BCUT2D eigenvalue weighted by atomic mass is 10.2. The highest BCUT2D eigenvalue weighted by Gasteiger charge is 2.21. The fraction of sp³-hybridized carbons (Fsp3) is 0.188. The van der Waals surface area contributed by atoms with Gasteiger partial charge in [-0.2, -0.15) is 0 Å². The van der Waals surface area contributed by atoms with Gasteiger partial charge in [0.25, 0.3) is 5.69 Å². The van der Waals surface area contributed by atoms with Gasteiger partial charge >= 0.3 is 6.03 Å². The first-order valence-electron chi connectivity index (χ1n) is 6.99. The normalized spacial score (nSPS) is 10.4. The molecule has 0 aromatic heterocycles. The van der Waals surface area contributed by atoms with Gasteiger partial charge in [-0.25, -0.2) is 9.18 Å². The number of nitrogens with zero attached hydrogens (tertiary/aromatic N) is 2. The number of urea groups is 1.